The molecule has 186 valence electrons. The topological polar surface area (TPSA) is 114 Å². The zero-order valence-electron chi connectivity index (χ0n) is 19.1. The van der Waals surface area contributed by atoms with Crippen LogP contribution in [0.4, 0.5) is 13.2 Å². The summed E-state index contributed by atoms with van der Waals surface area (Å²) in [4.78, 5) is 28.7. The summed E-state index contributed by atoms with van der Waals surface area (Å²) in [7, 11) is -3.66. The lowest BCUT2D eigenvalue weighted by Crippen LogP contribution is -2.56. The largest absolute Gasteiger partial charge is 0.480 e. The highest BCUT2D eigenvalue weighted by Crippen LogP contribution is 2.30. The van der Waals surface area contributed by atoms with Crippen LogP contribution < -0.4 is 15.4 Å². The van der Waals surface area contributed by atoms with E-state index in [0.29, 0.717) is 12.0 Å². The number of carbonyl (C=O) groups is 2. The number of amides is 2. The van der Waals surface area contributed by atoms with Crippen LogP contribution in [0.15, 0.2) is 28.0 Å². The highest BCUT2D eigenvalue weighted by atomic mass is 79.9. The lowest BCUT2D eigenvalue weighted by molar-refractivity contribution is -0.189. The van der Waals surface area contributed by atoms with Crippen LogP contribution in [0.2, 0.25) is 0 Å². The number of alkyl halides is 3. The van der Waals surface area contributed by atoms with Gasteiger partial charge in [-0.1, -0.05) is 12.5 Å². The Morgan fingerprint density at radius 1 is 1.27 bits per heavy atom. The molecule has 1 rings (SSSR count). The van der Waals surface area contributed by atoms with E-state index in [4.69, 9.17) is 4.74 Å². The molecule has 0 saturated heterocycles. The molecular formula is C20H27BrF3N3O5S. The Labute approximate surface area is 199 Å². The quantitative estimate of drug-likeness (QED) is 0.480. The Morgan fingerprint density at radius 3 is 2.30 bits per heavy atom. The van der Waals surface area contributed by atoms with E-state index >= 15 is 0 Å². The van der Waals surface area contributed by atoms with Crippen molar-refractivity contribution >= 4 is 37.6 Å². The molecular weight excluding hydrogens is 531 g/mol. The number of rotatable bonds is 9. The molecule has 1 unspecified atom stereocenters. The van der Waals surface area contributed by atoms with Crippen LogP contribution in [0.3, 0.4) is 0 Å². The second kappa shape index (κ2) is 10.9. The average Bonchev–Trinajstić information content (AvgIpc) is 2.64. The van der Waals surface area contributed by atoms with Crippen molar-refractivity contribution in [2.24, 2.45) is 0 Å². The van der Waals surface area contributed by atoms with Crippen LogP contribution in [-0.2, 0) is 14.6 Å². The lowest BCUT2D eigenvalue weighted by atomic mass is 9.94. The van der Waals surface area contributed by atoms with Gasteiger partial charge in [-0.15, -0.1) is 0 Å². The monoisotopic (exact) mass is 557 g/mol. The molecule has 0 bridgehead atoms. The third-order valence-corrected chi connectivity index (χ3v) is 6.26. The van der Waals surface area contributed by atoms with Crippen LogP contribution in [-0.4, -0.2) is 55.0 Å². The second-order valence-electron chi connectivity index (χ2n) is 7.85. The molecule has 33 heavy (non-hydrogen) atoms. The van der Waals surface area contributed by atoms with Crippen molar-refractivity contribution in [2.75, 3.05) is 12.0 Å². The van der Waals surface area contributed by atoms with Gasteiger partial charge in [0.15, 0.2) is 6.10 Å². The van der Waals surface area contributed by atoms with Crippen molar-refractivity contribution in [1.82, 2.24) is 15.6 Å². The number of hydrogen-bond acceptors (Lipinski definition) is 6. The Bertz CT molecular complexity index is 1040. The standard InChI is InChI=1S/C20H27BrF3N3O5S/c1-7-11(2)17(26-13(4)28)19(5,10-33(6,30)31)27-18(29)15-8-16(14(21)9-25-15)32-12(3)20(22,23)24/h8-9,12H,7,10H2,1-6H3,(H,26,28)(H,27,29)/b17-11+/t12-,19?/m0/s1. The fraction of sp³-hybridized carbons (Fsp3) is 0.550. The summed E-state index contributed by atoms with van der Waals surface area (Å²) < 4.78 is 67.9. The van der Waals surface area contributed by atoms with Gasteiger partial charge in [-0.05, 0) is 43.1 Å². The van der Waals surface area contributed by atoms with E-state index in [2.05, 4.69) is 31.5 Å². The van der Waals surface area contributed by atoms with Crippen molar-refractivity contribution in [3.8, 4) is 5.75 Å². The summed E-state index contributed by atoms with van der Waals surface area (Å²) in [5.74, 6) is -2.16. The van der Waals surface area contributed by atoms with Crippen LogP contribution in [0, 0.1) is 0 Å². The third-order valence-electron chi connectivity index (χ3n) is 4.57. The summed E-state index contributed by atoms with van der Waals surface area (Å²) >= 11 is 3.03. The van der Waals surface area contributed by atoms with Crippen molar-refractivity contribution in [3.63, 3.8) is 0 Å². The summed E-state index contributed by atoms with van der Waals surface area (Å²) in [5.41, 5.74) is -1.04. The number of nitrogens with zero attached hydrogens (tertiary/aromatic N) is 1. The third kappa shape index (κ3) is 8.61. The van der Waals surface area contributed by atoms with E-state index in [9.17, 15) is 31.2 Å². The number of hydrogen-bond donors (Lipinski definition) is 2. The fourth-order valence-electron chi connectivity index (χ4n) is 2.97. The minimum atomic E-state index is -4.63. The van der Waals surface area contributed by atoms with Gasteiger partial charge in [0.25, 0.3) is 5.91 Å². The Hall–Kier alpha value is -2.15. The molecule has 0 aliphatic rings. The maximum Gasteiger partial charge on any atom is 0.425 e. The summed E-state index contributed by atoms with van der Waals surface area (Å²) in [6.45, 7) is 6.96. The molecule has 0 aromatic carbocycles. The van der Waals surface area contributed by atoms with Gasteiger partial charge in [0.1, 0.15) is 21.3 Å². The lowest BCUT2D eigenvalue weighted by Gasteiger charge is -2.34. The first-order chi connectivity index (χ1) is 14.9. The van der Waals surface area contributed by atoms with Gasteiger partial charge in [0.05, 0.1) is 15.8 Å². The molecule has 0 radical (unpaired) electrons. The number of carbonyl (C=O) groups excluding carboxylic acids is 2. The van der Waals surface area contributed by atoms with Gasteiger partial charge in [0.2, 0.25) is 5.91 Å². The molecule has 8 nitrogen and oxygen atoms in total. The fourth-order valence-corrected chi connectivity index (χ4v) is 4.55. The molecule has 0 fully saturated rings. The van der Waals surface area contributed by atoms with Gasteiger partial charge in [-0.25, -0.2) is 13.4 Å². The van der Waals surface area contributed by atoms with Gasteiger partial charge in [-0.3, -0.25) is 9.59 Å². The number of nitrogens with one attached hydrogen (secondary N) is 2. The Kier molecular flexibility index (Phi) is 9.50. The summed E-state index contributed by atoms with van der Waals surface area (Å²) in [6.07, 6.45) is -4.25. The normalized spacial score (nSPS) is 15.7. The molecule has 0 aliphatic carbocycles. The molecule has 0 aliphatic heterocycles. The van der Waals surface area contributed by atoms with Crippen molar-refractivity contribution in [3.05, 3.63) is 33.7 Å². The maximum atomic E-state index is 13.0. The number of allylic oxidation sites excluding steroid dienone is 1. The smallest absolute Gasteiger partial charge is 0.425 e. The molecule has 0 spiro atoms. The van der Waals surface area contributed by atoms with Crippen LogP contribution in [0.1, 0.15) is 51.5 Å². The highest BCUT2D eigenvalue weighted by molar-refractivity contribution is 9.10. The summed E-state index contributed by atoms with van der Waals surface area (Å²) in [5, 5.41) is 5.17. The van der Waals surface area contributed by atoms with Gasteiger partial charge in [0, 0.05) is 31.1 Å². The molecule has 1 aromatic rings. The molecule has 1 aromatic heterocycles. The second-order valence-corrected chi connectivity index (χ2v) is 10.8. The predicted molar refractivity (Wildman–Crippen MR) is 120 cm³/mol. The van der Waals surface area contributed by atoms with E-state index < -0.39 is 45.2 Å². The van der Waals surface area contributed by atoms with E-state index in [1.165, 1.54) is 13.8 Å². The SMILES string of the molecule is CC/C(C)=C(/NC(C)=O)C(C)(CS(C)(=O)=O)NC(=O)c1cc(O[C@@H](C)C(F)(F)F)c(Br)cn1. The van der Waals surface area contributed by atoms with E-state index in [1.807, 2.05) is 0 Å². The zero-order valence-corrected chi connectivity index (χ0v) is 21.5. The average molecular weight is 558 g/mol. The van der Waals surface area contributed by atoms with Crippen molar-refractivity contribution in [2.45, 2.75) is 58.9 Å². The number of ether oxygens (including phenoxy) is 1. The molecule has 1 heterocycles. The number of halogens is 4. The van der Waals surface area contributed by atoms with Crippen molar-refractivity contribution in [1.29, 1.82) is 0 Å². The predicted octanol–water partition coefficient (Wildman–Crippen LogP) is 3.53. The maximum absolute atomic E-state index is 13.0. The van der Waals surface area contributed by atoms with E-state index in [-0.39, 0.29) is 21.6 Å². The molecule has 2 N–H and O–H groups in total. The number of pyridine rings is 1. The Morgan fingerprint density at radius 2 is 1.85 bits per heavy atom. The first kappa shape index (κ1) is 28.9. The van der Waals surface area contributed by atoms with E-state index in [1.54, 1.807) is 13.8 Å². The van der Waals surface area contributed by atoms with Gasteiger partial charge in [-0.2, -0.15) is 13.2 Å². The zero-order chi connectivity index (χ0) is 25.8. The number of sulfone groups is 1. The molecule has 0 saturated carbocycles. The first-order valence-electron chi connectivity index (χ1n) is 9.76. The highest BCUT2D eigenvalue weighted by Gasteiger charge is 2.39. The number of aromatic nitrogens is 1. The van der Waals surface area contributed by atoms with Crippen molar-refractivity contribution < 1.29 is 35.9 Å². The summed E-state index contributed by atoms with van der Waals surface area (Å²) in [6, 6.07) is 1.01. The molecule has 2 atom stereocenters. The van der Waals surface area contributed by atoms with Crippen LogP contribution >= 0.6 is 15.9 Å². The minimum Gasteiger partial charge on any atom is -0.480 e. The van der Waals surface area contributed by atoms with Crippen LogP contribution in [0.25, 0.3) is 0 Å². The van der Waals surface area contributed by atoms with Crippen LogP contribution in [0.5, 0.6) is 5.75 Å². The Balaban J connectivity index is 3.44. The van der Waals surface area contributed by atoms with E-state index in [0.717, 1.165) is 25.4 Å². The molecule has 13 heteroatoms. The minimum absolute atomic E-state index is 0.0923. The first-order valence-corrected chi connectivity index (χ1v) is 12.6. The van der Waals surface area contributed by atoms with Gasteiger partial charge >= 0.3 is 6.18 Å². The molecule has 2 amide bonds. The van der Waals surface area contributed by atoms with Gasteiger partial charge < -0.3 is 15.4 Å².